The molecule has 0 aliphatic heterocycles. The fourth-order valence-electron chi connectivity index (χ4n) is 1.50. The maximum atomic E-state index is 11.5. The third-order valence-electron chi connectivity index (χ3n) is 2.42. The summed E-state index contributed by atoms with van der Waals surface area (Å²) in [4.78, 5) is 11.5. The lowest BCUT2D eigenvalue weighted by atomic mass is 10.2. The van der Waals surface area contributed by atoms with E-state index in [0.717, 1.165) is 11.8 Å². The molecule has 1 aromatic carbocycles. The van der Waals surface area contributed by atoms with E-state index >= 15 is 0 Å². The van der Waals surface area contributed by atoms with Crippen LogP contribution in [-0.4, -0.2) is 27.1 Å². The lowest BCUT2D eigenvalue weighted by molar-refractivity contribution is -0.116. The number of rotatable bonds is 6. The third-order valence-corrected chi connectivity index (χ3v) is 3.02. The van der Waals surface area contributed by atoms with Gasteiger partial charge in [0.1, 0.15) is 0 Å². The van der Waals surface area contributed by atoms with Crippen LogP contribution in [0.2, 0.25) is 0 Å². The Hall–Kier alpha value is -1.60. The van der Waals surface area contributed by atoms with E-state index in [1.807, 2.05) is 0 Å². The summed E-state index contributed by atoms with van der Waals surface area (Å²) in [7, 11) is -3.34. The van der Waals surface area contributed by atoms with E-state index in [9.17, 15) is 13.2 Å². The zero-order chi connectivity index (χ0) is 14.5. The monoisotopic (exact) mass is 285 g/mol. The van der Waals surface area contributed by atoms with Crippen molar-refractivity contribution in [3.05, 3.63) is 23.8 Å². The number of amides is 1. The van der Waals surface area contributed by atoms with Crippen molar-refractivity contribution in [2.75, 3.05) is 22.8 Å². The van der Waals surface area contributed by atoms with Crippen LogP contribution in [0.1, 0.15) is 18.4 Å². The summed E-state index contributed by atoms with van der Waals surface area (Å²) in [6.07, 6.45) is 2.05. The molecule has 0 radical (unpaired) electrons. The van der Waals surface area contributed by atoms with Crippen LogP contribution in [0.3, 0.4) is 0 Å². The van der Waals surface area contributed by atoms with E-state index in [1.165, 1.54) is 0 Å². The standard InChI is InChI=1S/C12H19N3O3S/c1-9-5-6-10(14-12(16)4-3-7-13)8-11(9)15-19(2,17)18/h5-6,8,15H,3-4,7,13H2,1-2H3,(H,14,16). The number of nitrogens with two attached hydrogens (primary N) is 1. The summed E-state index contributed by atoms with van der Waals surface area (Å²) in [5.41, 5.74) is 7.12. The number of carbonyl (C=O) groups excluding carboxylic acids is 1. The number of nitrogens with one attached hydrogen (secondary N) is 2. The summed E-state index contributed by atoms with van der Waals surface area (Å²) in [6.45, 7) is 2.25. The number of carbonyl (C=O) groups is 1. The SMILES string of the molecule is Cc1ccc(NC(=O)CCCN)cc1NS(C)(=O)=O. The van der Waals surface area contributed by atoms with Gasteiger partial charge in [-0.25, -0.2) is 8.42 Å². The van der Waals surface area contributed by atoms with Crippen LogP contribution in [0.25, 0.3) is 0 Å². The van der Waals surface area contributed by atoms with E-state index in [2.05, 4.69) is 10.0 Å². The lowest BCUT2D eigenvalue weighted by Gasteiger charge is -2.11. The summed E-state index contributed by atoms with van der Waals surface area (Å²) < 4.78 is 24.8. The molecule has 6 nitrogen and oxygen atoms in total. The highest BCUT2D eigenvalue weighted by atomic mass is 32.2. The average Bonchev–Trinajstić information content (AvgIpc) is 2.29. The molecule has 0 aliphatic rings. The number of benzene rings is 1. The van der Waals surface area contributed by atoms with Gasteiger partial charge in [0.05, 0.1) is 11.9 Å². The first-order valence-corrected chi connectivity index (χ1v) is 7.79. The van der Waals surface area contributed by atoms with Gasteiger partial charge < -0.3 is 11.1 Å². The van der Waals surface area contributed by atoms with Crippen LogP contribution < -0.4 is 15.8 Å². The van der Waals surface area contributed by atoms with E-state index in [1.54, 1.807) is 25.1 Å². The predicted molar refractivity (Wildman–Crippen MR) is 76.6 cm³/mol. The Morgan fingerprint density at radius 1 is 1.37 bits per heavy atom. The van der Waals surface area contributed by atoms with Crippen molar-refractivity contribution >= 4 is 27.3 Å². The number of aryl methyl sites for hydroxylation is 1. The summed E-state index contributed by atoms with van der Waals surface area (Å²) in [5.74, 6) is -0.139. The van der Waals surface area contributed by atoms with Crippen LogP contribution >= 0.6 is 0 Å². The van der Waals surface area contributed by atoms with Crippen molar-refractivity contribution < 1.29 is 13.2 Å². The maximum Gasteiger partial charge on any atom is 0.229 e. The van der Waals surface area contributed by atoms with Crippen molar-refractivity contribution in [1.82, 2.24) is 0 Å². The van der Waals surface area contributed by atoms with Crippen LogP contribution in [-0.2, 0) is 14.8 Å². The van der Waals surface area contributed by atoms with Crippen molar-refractivity contribution in [2.24, 2.45) is 5.73 Å². The van der Waals surface area contributed by atoms with Gasteiger partial charge in [0, 0.05) is 12.1 Å². The maximum absolute atomic E-state index is 11.5. The van der Waals surface area contributed by atoms with Gasteiger partial charge in [-0.05, 0) is 37.6 Å². The molecule has 1 amide bonds. The highest BCUT2D eigenvalue weighted by Gasteiger charge is 2.07. The Morgan fingerprint density at radius 2 is 2.05 bits per heavy atom. The molecule has 4 N–H and O–H groups in total. The fraction of sp³-hybridized carbons (Fsp3) is 0.417. The molecule has 1 rings (SSSR count). The number of sulfonamides is 1. The van der Waals surface area contributed by atoms with E-state index in [-0.39, 0.29) is 5.91 Å². The van der Waals surface area contributed by atoms with E-state index in [4.69, 9.17) is 5.73 Å². The summed E-state index contributed by atoms with van der Waals surface area (Å²) in [5, 5.41) is 2.70. The molecule has 0 bridgehead atoms. The van der Waals surface area contributed by atoms with Gasteiger partial charge in [-0.1, -0.05) is 6.07 Å². The smallest absolute Gasteiger partial charge is 0.229 e. The number of hydrogen-bond acceptors (Lipinski definition) is 4. The lowest BCUT2D eigenvalue weighted by Crippen LogP contribution is -2.14. The van der Waals surface area contributed by atoms with Crippen molar-refractivity contribution in [3.8, 4) is 0 Å². The third kappa shape index (κ3) is 5.71. The molecule has 0 saturated heterocycles. The minimum Gasteiger partial charge on any atom is -0.330 e. The molecule has 0 aromatic heterocycles. The minimum atomic E-state index is -3.34. The van der Waals surface area contributed by atoms with Crippen LogP contribution in [0, 0.1) is 6.92 Å². The molecule has 0 saturated carbocycles. The second-order valence-electron chi connectivity index (χ2n) is 4.34. The first-order valence-electron chi connectivity index (χ1n) is 5.90. The minimum absolute atomic E-state index is 0.139. The zero-order valence-electron chi connectivity index (χ0n) is 11.1. The Morgan fingerprint density at radius 3 is 2.63 bits per heavy atom. The highest BCUT2D eigenvalue weighted by molar-refractivity contribution is 7.92. The molecule has 0 fully saturated rings. The van der Waals surface area contributed by atoms with Crippen LogP contribution in [0.5, 0.6) is 0 Å². The largest absolute Gasteiger partial charge is 0.330 e. The Labute approximate surface area is 113 Å². The summed E-state index contributed by atoms with van der Waals surface area (Å²) in [6, 6.07) is 5.06. The molecule has 0 spiro atoms. The van der Waals surface area contributed by atoms with Gasteiger partial charge in [0.15, 0.2) is 0 Å². The van der Waals surface area contributed by atoms with Gasteiger partial charge in [0.2, 0.25) is 15.9 Å². The molecular formula is C12H19N3O3S. The normalized spacial score (nSPS) is 11.1. The Bertz CT molecular complexity index is 555. The molecule has 0 heterocycles. The molecule has 0 aliphatic carbocycles. The molecular weight excluding hydrogens is 266 g/mol. The first-order chi connectivity index (χ1) is 8.81. The molecule has 106 valence electrons. The summed E-state index contributed by atoms with van der Waals surface area (Å²) >= 11 is 0. The average molecular weight is 285 g/mol. The van der Waals surface area contributed by atoms with Crippen LogP contribution in [0.15, 0.2) is 18.2 Å². The van der Waals surface area contributed by atoms with E-state index in [0.29, 0.717) is 30.8 Å². The predicted octanol–water partition coefficient (Wildman–Crippen LogP) is 1.04. The van der Waals surface area contributed by atoms with Crippen molar-refractivity contribution in [1.29, 1.82) is 0 Å². The first kappa shape index (κ1) is 15.5. The molecule has 7 heteroatoms. The van der Waals surface area contributed by atoms with Crippen molar-refractivity contribution in [2.45, 2.75) is 19.8 Å². The molecule has 1 aromatic rings. The van der Waals surface area contributed by atoms with Gasteiger partial charge in [-0.15, -0.1) is 0 Å². The highest BCUT2D eigenvalue weighted by Crippen LogP contribution is 2.21. The number of hydrogen-bond donors (Lipinski definition) is 3. The quantitative estimate of drug-likeness (QED) is 0.727. The van der Waals surface area contributed by atoms with Crippen LogP contribution in [0.4, 0.5) is 11.4 Å². The fourth-order valence-corrected chi connectivity index (χ4v) is 2.11. The second kappa shape index (κ2) is 6.53. The van der Waals surface area contributed by atoms with Gasteiger partial charge in [-0.2, -0.15) is 0 Å². The van der Waals surface area contributed by atoms with Gasteiger partial charge in [-0.3, -0.25) is 9.52 Å². The van der Waals surface area contributed by atoms with E-state index < -0.39 is 10.0 Å². The number of anilines is 2. The topological polar surface area (TPSA) is 101 Å². The zero-order valence-corrected chi connectivity index (χ0v) is 11.9. The van der Waals surface area contributed by atoms with Gasteiger partial charge >= 0.3 is 0 Å². The van der Waals surface area contributed by atoms with Crippen molar-refractivity contribution in [3.63, 3.8) is 0 Å². The molecule has 0 unspecified atom stereocenters. The molecule has 19 heavy (non-hydrogen) atoms. The Kier molecular flexibility index (Phi) is 5.31. The second-order valence-corrected chi connectivity index (χ2v) is 6.09. The van der Waals surface area contributed by atoms with Gasteiger partial charge in [0.25, 0.3) is 0 Å². The molecule has 0 atom stereocenters. The Balaban J connectivity index is 2.81.